The summed E-state index contributed by atoms with van der Waals surface area (Å²) in [6.07, 6.45) is 0. The molecule has 0 saturated heterocycles. The van der Waals surface area contributed by atoms with E-state index in [0.29, 0.717) is 0 Å². The first-order valence-electron chi connectivity index (χ1n) is 26.3. The van der Waals surface area contributed by atoms with Crippen molar-refractivity contribution < 1.29 is 0 Å². The number of hydrogen-bond acceptors (Lipinski definition) is 0. The van der Waals surface area contributed by atoms with Crippen LogP contribution in [0.4, 0.5) is 0 Å². The Morgan fingerprint density at radius 2 is 0.533 bits per heavy atom. The summed E-state index contributed by atoms with van der Waals surface area (Å²) in [5.41, 5.74) is 20.2. The first kappa shape index (κ1) is 43.2. The molecule has 1 aliphatic rings. The van der Waals surface area contributed by atoms with Crippen molar-refractivity contribution >= 4 is 64.6 Å². The van der Waals surface area contributed by atoms with Gasteiger partial charge in [0.2, 0.25) is 0 Å². The van der Waals surface area contributed by atoms with Crippen molar-refractivity contribution in [3.8, 4) is 77.9 Å². The molecule has 0 saturated carbocycles. The van der Waals surface area contributed by atoms with Crippen LogP contribution in [0.5, 0.6) is 0 Å². The van der Waals surface area contributed by atoms with Crippen LogP contribution in [0.15, 0.2) is 267 Å². The Bertz CT molecular complexity index is 4590. The first-order valence-corrected chi connectivity index (χ1v) is 26.3. The zero-order valence-corrected chi connectivity index (χ0v) is 41.9. The van der Waals surface area contributed by atoms with E-state index in [9.17, 15) is 0 Å². The highest BCUT2D eigenvalue weighted by Crippen LogP contribution is 2.52. The van der Waals surface area contributed by atoms with E-state index >= 15 is 0 Å². The maximum absolute atomic E-state index is 2.47. The smallest absolute Gasteiger partial charge is 0.0159 e. The second-order valence-electron chi connectivity index (χ2n) is 21.1. The van der Waals surface area contributed by atoms with Crippen LogP contribution in [-0.2, 0) is 5.41 Å². The topological polar surface area (TPSA) is 0 Å². The van der Waals surface area contributed by atoms with E-state index in [1.165, 1.54) is 154 Å². The fourth-order valence-corrected chi connectivity index (χ4v) is 13.0. The monoisotopic (exact) mass is 950 g/mol. The van der Waals surface area contributed by atoms with E-state index in [0.717, 1.165) is 0 Å². The Kier molecular flexibility index (Phi) is 9.72. The lowest BCUT2D eigenvalue weighted by Crippen LogP contribution is -2.14. The normalized spacial score (nSPS) is 12.8. The van der Waals surface area contributed by atoms with Crippen molar-refractivity contribution in [3.63, 3.8) is 0 Å². The van der Waals surface area contributed by atoms with E-state index in [1.807, 2.05) is 0 Å². The molecule has 0 aliphatic heterocycles. The van der Waals surface area contributed by atoms with Crippen molar-refractivity contribution in [2.24, 2.45) is 0 Å². The van der Waals surface area contributed by atoms with E-state index in [2.05, 4.69) is 281 Å². The van der Waals surface area contributed by atoms with Gasteiger partial charge < -0.3 is 0 Å². The van der Waals surface area contributed by atoms with Crippen molar-refractivity contribution in [2.75, 3.05) is 0 Å². The second kappa shape index (κ2) is 16.9. The van der Waals surface area contributed by atoms with Crippen LogP contribution in [0.3, 0.4) is 0 Å². The summed E-state index contributed by atoms with van der Waals surface area (Å²) >= 11 is 0. The van der Waals surface area contributed by atoms with E-state index < -0.39 is 0 Å². The van der Waals surface area contributed by atoms with Gasteiger partial charge in [0.15, 0.2) is 0 Å². The third-order valence-corrected chi connectivity index (χ3v) is 16.6. The minimum absolute atomic E-state index is 0.0832. The highest BCUT2D eigenvalue weighted by molar-refractivity contribution is 6.23. The van der Waals surface area contributed by atoms with Gasteiger partial charge in [0.25, 0.3) is 0 Å². The average Bonchev–Trinajstić information content (AvgIpc) is 3.75. The Morgan fingerprint density at radius 3 is 1.08 bits per heavy atom. The van der Waals surface area contributed by atoms with Gasteiger partial charge in [-0.25, -0.2) is 0 Å². The van der Waals surface area contributed by atoms with Crippen LogP contribution in [0, 0.1) is 0 Å². The molecule has 350 valence electrons. The van der Waals surface area contributed by atoms with Gasteiger partial charge >= 0.3 is 0 Å². The molecule has 0 amide bonds. The first-order chi connectivity index (χ1) is 36.9. The zero-order chi connectivity index (χ0) is 49.8. The number of rotatable bonds is 6. The third kappa shape index (κ3) is 6.83. The van der Waals surface area contributed by atoms with Gasteiger partial charge in [-0.1, -0.05) is 257 Å². The predicted octanol–water partition coefficient (Wildman–Crippen LogP) is 20.9. The molecule has 0 N–H and O–H groups in total. The van der Waals surface area contributed by atoms with Crippen LogP contribution >= 0.6 is 0 Å². The second-order valence-corrected chi connectivity index (χ2v) is 21.1. The van der Waals surface area contributed by atoms with Gasteiger partial charge in [-0.15, -0.1) is 0 Å². The molecule has 0 atom stereocenters. The third-order valence-electron chi connectivity index (χ3n) is 16.6. The SMILES string of the molecule is CC1(C)c2ccccc2-c2ccc(-c3c4ccccc4c(-c4ccc(-c5ccc6c(-c7ccc(-c8ccc9ccccc9c8)cc7)c7ccccc7c(-c7ccc8ccccc8c7)c6c5)cc4)c4ccccc34)cc21. The molecule has 0 aromatic heterocycles. The minimum atomic E-state index is -0.0832. The lowest BCUT2D eigenvalue weighted by Gasteiger charge is -2.23. The van der Waals surface area contributed by atoms with Gasteiger partial charge in [-0.3, -0.25) is 0 Å². The quantitative estimate of drug-likeness (QED) is 0.146. The summed E-state index contributed by atoms with van der Waals surface area (Å²) in [6, 6.07) is 99.9. The zero-order valence-electron chi connectivity index (χ0n) is 41.9. The molecule has 15 rings (SSSR count). The molecule has 14 aromatic rings. The summed E-state index contributed by atoms with van der Waals surface area (Å²) in [4.78, 5) is 0. The molecule has 14 aromatic carbocycles. The van der Waals surface area contributed by atoms with Crippen molar-refractivity contribution in [2.45, 2.75) is 19.3 Å². The maximum atomic E-state index is 2.47. The summed E-state index contributed by atoms with van der Waals surface area (Å²) < 4.78 is 0. The Balaban J connectivity index is 0.875. The molecule has 1 aliphatic carbocycles. The van der Waals surface area contributed by atoms with Gasteiger partial charge in [-0.05, 0) is 178 Å². The highest BCUT2D eigenvalue weighted by Gasteiger charge is 2.35. The highest BCUT2D eigenvalue weighted by atomic mass is 14.4. The molecule has 0 heterocycles. The van der Waals surface area contributed by atoms with Crippen LogP contribution in [-0.4, -0.2) is 0 Å². The van der Waals surface area contributed by atoms with Crippen LogP contribution in [0.25, 0.3) is 143 Å². The van der Waals surface area contributed by atoms with Gasteiger partial charge in [0.1, 0.15) is 0 Å². The molecule has 0 nitrogen and oxygen atoms in total. The molecule has 0 fully saturated rings. The maximum Gasteiger partial charge on any atom is 0.0159 e. The summed E-state index contributed by atoms with van der Waals surface area (Å²) in [5, 5.41) is 15.0. The van der Waals surface area contributed by atoms with Gasteiger partial charge in [0.05, 0.1) is 0 Å². The molecule has 0 spiro atoms. The molecule has 0 heteroatoms. The fraction of sp³-hybridized carbons (Fsp3) is 0.0400. The Labute approximate surface area is 437 Å². The molecule has 0 bridgehead atoms. The largest absolute Gasteiger partial charge is 0.0619 e. The van der Waals surface area contributed by atoms with Gasteiger partial charge in [-0.2, -0.15) is 0 Å². The Hall–Kier alpha value is -9.36. The molecule has 0 unspecified atom stereocenters. The van der Waals surface area contributed by atoms with Crippen molar-refractivity contribution in [1.82, 2.24) is 0 Å². The van der Waals surface area contributed by atoms with Crippen LogP contribution < -0.4 is 0 Å². The summed E-state index contributed by atoms with van der Waals surface area (Å²) in [5.74, 6) is 0. The standard InChI is InChI=1S/C75H50/c1-75(2)69-26-14-13-19-59(69)60-41-40-58(46-70(60)75)73-64-23-10-7-20-61(64)71(62-21-8-11-24-65(62)73)51-35-29-50(30-36-51)56-39-42-67-68(45-56)74(57-38-32-48-16-4-6-18-54(48)44-57)66-25-12-9-22-63(66)72(67)52-33-27-49(28-34-52)55-37-31-47-15-3-5-17-53(47)43-55/h3-46H,1-2H3. The van der Waals surface area contributed by atoms with E-state index in [1.54, 1.807) is 0 Å². The van der Waals surface area contributed by atoms with Crippen LogP contribution in [0.1, 0.15) is 25.0 Å². The lowest BCUT2D eigenvalue weighted by molar-refractivity contribution is 0.660. The average molecular weight is 951 g/mol. The summed E-state index contributed by atoms with van der Waals surface area (Å²) in [7, 11) is 0. The van der Waals surface area contributed by atoms with Gasteiger partial charge in [0, 0.05) is 5.41 Å². The van der Waals surface area contributed by atoms with Crippen LogP contribution in [0.2, 0.25) is 0 Å². The minimum Gasteiger partial charge on any atom is -0.0619 e. The predicted molar refractivity (Wildman–Crippen MR) is 322 cm³/mol. The lowest BCUT2D eigenvalue weighted by atomic mass is 9.80. The van der Waals surface area contributed by atoms with Crippen molar-refractivity contribution in [3.05, 3.63) is 278 Å². The summed E-state index contributed by atoms with van der Waals surface area (Å²) in [6.45, 7) is 4.75. The molecular formula is C75H50. The number of hydrogen-bond donors (Lipinski definition) is 0. The number of benzene rings is 14. The number of fused-ring (bicyclic) bond motifs is 9. The Morgan fingerprint density at radius 1 is 0.200 bits per heavy atom. The van der Waals surface area contributed by atoms with Crippen molar-refractivity contribution in [1.29, 1.82) is 0 Å². The van der Waals surface area contributed by atoms with E-state index in [-0.39, 0.29) is 5.41 Å². The molecular weight excluding hydrogens is 901 g/mol. The molecule has 0 radical (unpaired) electrons. The fourth-order valence-electron chi connectivity index (χ4n) is 13.0. The molecule has 75 heavy (non-hydrogen) atoms. The van der Waals surface area contributed by atoms with E-state index in [4.69, 9.17) is 0 Å².